The number of nitrogens with one attached hydrogen (secondary N) is 1. The summed E-state index contributed by atoms with van der Waals surface area (Å²) in [6.45, 7) is 2.71. The van der Waals surface area contributed by atoms with E-state index in [2.05, 4.69) is 32.6 Å². The SMILES string of the molecule is CCCc1cc(C(=O)NCC2CCC(c3nnc(-c4ccccn4)o3)CC2)no1. The minimum atomic E-state index is -0.171. The standard InChI is InChI=1S/C21H25N5O3/c1-2-5-16-12-18(26-29-16)19(27)23-13-14-7-9-15(10-8-14)20-24-25-21(28-20)17-6-3-4-11-22-17/h3-4,6,11-12,14-15H,2,5,7-10,13H2,1H3,(H,23,27). The lowest BCUT2D eigenvalue weighted by Crippen LogP contribution is -2.31. The van der Waals surface area contributed by atoms with Crippen molar-refractivity contribution < 1.29 is 13.7 Å². The minimum Gasteiger partial charge on any atom is -0.419 e. The number of carbonyl (C=O) groups is 1. The van der Waals surface area contributed by atoms with Crippen molar-refractivity contribution >= 4 is 5.91 Å². The van der Waals surface area contributed by atoms with E-state index < -0.39 is 0 Å². The first-order valence-corrected chi connectivity index (χ1v) is 10.2. The Morgan fingerprint density at radius 2 is 2.07 bits per heavy atom. The largest absolute Gasteiger partial charge is 0.419 e. The Kier molecular flexibility index (Phi) is 5.97. The minimum absolute atomic E-state index is 0.171. The number of nitrogens with zero attached hydrogens (tertiary/aromatic N) is 4. The third kappa shape index (κ3) is 4.70. The van der Waals surface area contributed by atoms with Crippen LogP contribution in [0.5, 0.6) is 0 Å². The zero-order valence-corrected chi connectivity index (χ0v) is 16.5. The van der Waals surface area contributed by atoms with Crippen LogP contribution in [0.4, 0.5) is 0 Å². The van der Waals surface area contributed by atoms with Crippen LogP contribution in [0.15, 0.2) is 39.4 Å². The molecule has 1 aliphatic rings. The van der Waals surface area contributed by atoms with E-state index in [-0.39, 0.29) is 11.8 Å². The maximum atomic E-state index is 12.3. The summed E-state index contributed by atoms with van der Waals surface area (Å²) < 4.78 is 11.0. The molecule has 0 bridgehead atoms. The van der Waals surface area contributed by atoms with Gasteiger partial charge in [0, 0.05) is 31.1 Å². The second-order valence-corrected chi connectivity index (χ2v) is 7.52. The smallest absolute Gasteiger partial charge is 0.273 e. The molecule has 0 spiro atoms. The van der Waals surface area contributed by atoms with E-state index in [9.17, 15) is 4.79 Å². The van der Waals surface area contributed by atoms with Gasteiger partial charge in [0.2, 0.25) is 5.89 Å². The van der Waals surface area contributed by atoms with Crippen LogP contribution in [-0.2, 0) is 6.42 Å². The van der Waals surface area contributed by atoms with Gasteiger partial charge in [-0.2, -0.15) is 0 Å². The van der Waals surface area contributed by atoms with E-state index in [1.54, 1.807) is 12.3 Å². The molecule has 1 fully saturated rings. The number of rotatable bonds is 7. The highest BCUT2D eigenvalue weighted by molar-refractivity contribution is 5.92. The first kappa shape index (κ1) is 19.3. The monoisotopic (exact) mass is 395 g/mol. The second kappa shape index (κ2) is 8.98. The number of carbonyl (C=O) groups excluding carboxylic acids is 1. The van der Waals surface area contributed by atoms with Crippen LogP contribution in [0, 0.1) is 5.92 Å². The Morgan fingerprint density at radius 1 is 1.21 bits per heavy atom. The van der Waals surface area contributed by atoms with E-state index in [1.165, 1.54) is 0 Å². The van der Waals surface area contributed by atoms with E-state index in [0.717, 1.165) is 44.3 Å². The van der Waals surface area contributed by atoms with Crippen molar-refractivity contribution in [1.29, 1.82) is 0 Å². The van der Waals surface area contributed by atoms with Crippen LogP contribution in [0.25, 0.3) is 11.6 Å². The maximum absolute atomic E-state index is 12.3. The highest BCUT2D eigenvalue weighted by Crippen LogP contribution is 2.35. The van der Waals surface area contributed by atoms with Crippen molar-refractivity contribution in [3.05, 3.63) is 47.8 Å². The Labute approximate surface area is 169 Å². The average Bonchev–Trinajstić information content (AvgIpc) is 3.44. The molecule has 0 unspecified atom stereocenters. The van der Waals surface area contributed by atoms with Crippen LogP contribution in [-0.4, -0.2) is 32.8 Å². The van der Waals surface area contributed by atoms with Gasteiger partial charge in [0.15, 0.2) is 5.69 Å². The summed E-state index contributed by atoms with van der Waals surface area (Å²) in [4.78, 5) is 16.5. The highest BCUT2D eigenvalue weighted by Gasteiger charge is 2.27. The van der Waals surface area contributed by atoms with E-state index in [1.807, 2.05) is 18.2 Å². The molecule has 8 nitrogen and oxygen atoms in total. The number of hydrogen-bond donors (Lipinski definition) is 1. The van der Waals surface area contributed by atoms with Crippen molar-refractivity contribution in [3.63, 3.8) is 0 Å². The molecule has 1 N–H and O–H groups in total. The fourth-order valence-electron chi connectivity index (χ4n) is 3.72. The van der Waals surface area contributed by atoms with Gasteiger partial charge in [0.25, 0.3) is 11.8 Å². The summed E-state index contributed by atoms with van der Waals surface area (Å²) in [7, 11) is 0. The summed E-state index contributed by atoms with van der Waals surface area (Å²) in [6, 6.07) is 7.34. The lowest BCUT2D eigenvalue weighted by atomic mass is 9.82. The number of aryl methyl sites for hydroxylation is 1. The molecular formula is C21H25N5O3. The van der Waals surface area contributed by atoms with Crippen molar-refractivity contribution in [1.82, 2.24) is 25.7 Å². The van der Waals surface area contributed by atoms with Gasteiger partial charge in [-0.15, -0.1) is 10.2 Å². The summed E-state index contributed by atoms with van der Waals surface area (Å²) in [6.07, 6.45) is 7.41. The Bertz CT molecular complexity index is 929. The highest BCUT2D eigenvalue weighted by atomic mass is 16.5. The fraction of sp³-hybridized carbons (Fsp3) is 0.476. The van der Waals surface area contributed by atoms with Gasteiger partial charge in [-0.25, -0.2) is 0 Å². The zero-order valence-electron chi connectivity index (χ0n) is 16.5. The van der Waals surface area contributed by atoms with Crippen LogP contribution in [0.1, 0.15) is 67.1 Å². The van der Waals surface area contributed by atoms with Crippen LogP contribution >= 0.6 is 0 Å². The normalized spacial score (nSPS) is 19.2. The Balaban J connectivity index is 1.25. The van der Waals surface area contributed by atoms with Crippen molar-refractivity contribution in [3.8, 4) is 11.6 Å². The molecule has 0 radical (unpaired) electrons. The van der Waals surface area contributed by atoms with Gasteiger partial charge in [-0.05, 0) is 50.2 Å². The molecule has 0 aromatic carbocycles. The third-order valence-corrected chi connectivity index (χ3v) is 5.36. The van der Waals surface area contributed by atoms with Crippen LogP contribution in [0.2, 0.25) is 0 Å². The second-order valence-electron chi connectivity index (χ2n) is 7.52. The van der Waals surface area contributed by atoms with Crippen LogP contribution in [0.3, 0.4) is 0 Å². The lowest BCUT2D eigenvalue weighted by molar-refractivity contribution is 0.0933. The van der Waals surface area contributed by atoms with Gasteiger partial charge < -0.3 is 14.3 Å². The molecule has 0 aliphatic heterocycles. The molecule has 0 saturated heterocycles. The first-order valence-electron chi connectivity index (χ1n) is 10.2. The predicted molar refractivity (Wildman–Crippen MR) is 105 cm³/mol. The molecule has 152 valence electrons. The number of aromatic nitrogens is 4. The number of amides is 1. The summed E-state index contributed by atoms with van der Waals surface area (Å²) in [5.41, 5.74) is 1.05. The Hall–Kier alpha value is -3.03. The van der Waals surface area contributed by atoms with Crippen molar-refractivity contribution in [2.75, 3.05) is 6.54 Å². The molecule has 4 rings (SSSR count). The maximum Gasteiger partial charge on any atom is 0.273 e. The molecule has 3 heterocycles. The van der Waals surface area contributed by atoms with Crippen molar-refractivity contribution in [2.24, 2.45) is 5.92 Å². The number of hydrogen-bond acceptors (Lipinski definition) is 7. The van der Waals surface area contributed by atoms with E-state index in [0.29, 0.717) is 35.6 Å². The topological polar surface area (TPSA) is 107 Å². The van der Waals surface area contributed by atoms with Gasteiger partial charge in [-0.1, -0.05) is 18.1 Å². The van der Waals surface area contributed by atoms with Crippen molar-refractivity contribution in [2.45, 2.75) is 51.4 Å². The van der Waals surface area contributed by atoms with Gasteiger partial charge in [0.05, 0.1) is 0 Å². The van der Waals surface area contributed by atoms with Gasteiger partial charge >= 0.3 is 0 Å². The van der Waals surface area contributed by atoms with Crippen LogP contribution < -0.4 is 5.32 Å². The van der Waals surface area contributed by atoms with E-state index >= 15 is 0 Å². The van der Waals surface area contributed by atoms with E-state index in [4.69, 9.17) is 8.94 Å². The lowest BCUT2D eigenvalue weighted by Gasteiger charge is -2.26. The summed E-state index contributed by atoms with van der Waals surface area (Å²) in [5.74, 6) is 2.43. The first-order chi connectivity index (χ1) is 14.2. The van der Waals surface area contributed by atoms with Gasteiger partial charge in [-0.3, -0.25) is 9.78 Å². The summed E-state index contributed by atoms with van der Waals surface area (Å²) in [5, 5.41) is 15.2. The molecule has 8 heteroatoms. The predicted octanol–water partition coefficient (Wildman–Crippen LogP) is 3.78. The quantitative estimate of drug-likeness (QED) is 0.649. The molecular weight excluding hydrogens is 370 g/mol. The molecule has 1 aliphatic carbocycles. The molecule has 29 heavy (non-hydrogen) atoms. The average molecular weight is 395 g/mol. The van der Waals surface area contributed by atoms with Gasteiger partial charge in [0.1, 0.15) is 11.5 Å². The summed E-state index contributed by atoms with van der Waals surface area (Å²) >= 11 is 0. The fourth-order valence-corrected chi connectivity index (χ4v) is 3.72. The molecule has 0 atom stereocenters. The molecule has 1 amide bonds. The zero-order chi connectivity index (χ0) is 20.1. The molecule has 1 saturated carbocycles. The molecule has 3 aromatic heterocycles. The Morgan fingerprint density at radius 3 is 2.83 bits per heavy atom. The molecule has 3 aromatic rings. The number of pyridine rings is 1. The third-order valence-electron chi connectivity index (χ3n) is 5.36.